The summed E-state index contributed by atoms with van der Waals surface area (Å²) >= 11 is 0. The van der Waals surface area contributed by atoms with E-state index in [2.05, 4.69) is 34.6 Å². The van der Waals surface area contributed by atoms with Crippen molar-refractivity contribution in [3.63, 3.8) is 0 Å². The van der Waals surface area contributed by atoms with Gasteiger partial charge in [0.2, 0.25) is 0 Å². The molecule has 0 amide bonds. The van der Waals surface area contributed by atoms with Gasteiger partial charge in [-0.1, -0.05) is 23.7 Å². The Kier molecular flexibility index (Phi) is 3.98. The van der Waals surface area contributed by atoms with Crippen LogP contribution in [-0.2, 0) is 9.31 Å². The highest BCUT2D eigenvalue weighted by molar-refractivity contribution is 6.53. The molecule has 1 aliphatic rings. The van der Waals surface area contributed by atoms with Crippen molar-refractivity contribution in [2.24, 2.45) is 0 Å². The van der Waals surface area contributed by atoms with Gasteiger partial charge >= 0.3 is 7.12 Å². The van der Waals surface area contributed by atoms with Crippen molar-refractivity contribution in [2.75, 3.05) is 7.11 Å². The van der Waals surface area contributed by atoms with E-state index in [4.69, 9.17) is 14.0 Å². The lowest BCUT2D eigenvalue weighted by molar-refractivity contribution is 0.00578. The van der Waals surface area contributed by atoms with E-state index in [9.17, 15) is 0 Å². The van der Waals surface area contributed by atoms with Crippen molar-refractivity contribution in [1.82, 2.24) is 0 Å². The van der Waals surface area contributed by atoms with Gasteiger partial charge in [-0.05, 0) is 52.3 Å². The van der Waals surface area contributed by atoms with Crippen LogP contribution in [0.1, 0.15) is 40.2 Å². The molecule has 0 saturated carbocycles. The van der Waals surface area contributed by atoms with E-state index >= 15 is 0 Å². The van der Waals surface area contributed by atoms with Crippen LogP contribution >= 0.6 is 0 Å². The molecular formula is C16H23BO3. The number of ether oxygens (including phenoxy) is 1. The maximum Gasteiger partial charge on any atom is 0.487 e. The minimum absolute atomic E-state index is 0.297. The zero-order chi connectivity index (χ0) is 15.0. The van der Waals surface area contributed by atoms with Gasteiger partial charge in [-0.15, -0.1) is 0 Å². The molecule has 0 unspecified atom stereocenters. The largest absolute Gasteiger partial charge is 0.497 e. The van der Waals surface area contributed by atoms with Crippen molar-refractivity contribution in [3.05, 3.63) is 35.8 Å². The molecular weight excluding hydrogens is 251 g/mol. The summed E-state index contributed by atoms with van der Waals surface area (Å²) < 4.78 is 17.1. The Morgan fingerprint density at radius 2 is 1.55 bits per heavy atom. The topological polar surface area (TPSA) is 27.7 Å². The molecule has 108 valence electrons. The molecule has 0 spiro atoms. The van der Waals surface area contributed by atoms with Gasteiger partial charge in [-0.25, -0.2) is 0 Å². The van der Waals surface area contributed by atoms with Crippen LogP contribution in [0.4, 0.5) is 0 Å². The summed E-state index contributed by atoms with van der Waals surface area (Å²) in [7, 11) is 1.37. The number of hydrogen-bond acceptors (Lipinski definition) is 3. The minimum Gasteiger partial charge on any atom is -0.497 e. The number of rotatable bonds is 3. The first-order valence-corrected chi connectivity index (χ1v) is 6.94. The monoisotopic (exact) mass is 274 g/mol. The molecule has 1 aromatic rings. The predicted molar refractivity (Wildman–Crippen MR) is 82.7 cm³/mol. The zero-order valence-electron chi connectivity index (χ0n) is 13.2. The average molecular weight is 274 g/mol. The Balaban J connectivity index is 2.15. The van der Waals surface area contributed by atoms with E-state index in [0.717, 1.165) is 16.9 Å². The van der Waals surface area contributed by atoms with E-state index in [0.29, 0.717) is 0 Å². The first-order chi connectivity index (χ1) is 9.25. The number of hydrogen-bond donors (Lipinski definition) is 0. The Morgan fingerprint density at radius 3 is 2.00 bits per heavy atom. The zero-order valence-corrected chi connectivity index (χ0v) is 13.2. The van der Waals surface area contributed by atoms with Gasteiger partial charge in [0.1, 0.15) is 5.75 Å². The first kappa shape index (κ1) is 15.1. The molecule has 1 aromatic carbocycles. The van der Waals surface area contributed by atoms with E-state index in [1.807, 2.05) is 30.2 Å². The Bertz CT molecular complexity index is 487. The fraction of sp³-hybridized carbons (Fsp3) is 0.500. The summed E-state index contributed by atoms with van der Waals surface area (Å²) in [4.78, 5) is 0. The molecule has 0 bridgehead atoms. The van der Waals surface area contributed by atoms with E-state index < -0.39 is 0 Å². The standard InChI is InChI=1S/C16H23BO3/c1-12(13-7-9-14(18-6)10-8-13)11-17-19-15(2,3)16(4,5)20-17/h7-11H,1-6H3/b12-11+. The summed E-state index contributed by atoms with van der Waals surface area (Å²) in [6.45, 7) is 10.3. The van der Waals surface area contributed by atoms with E-state index in [1.54, 1.807) is 7.11 Å². The van der Waals surface area contributed by atoms with Gasteiger partial charge in [0.05, 0.1) is 18.3 Å². The third-order valence-electron chi connectivity index (χ3n) is 4.20. The maximum atomic E-state index is 5.98. The molecule has 0 N–H and O–H groups in total. The van der Waals surface area contributed by atoms with Crippen molar-refractivity contribution in [3.8, 4) is 5.75 Å². The SMILES string of the molecule is COc1ccc(/C(C)=C/B2OC(C)(C)C(C)(C)O2)cc1. The molecule has 3 nitrogen and oxygen atoms in total. The van der Waals surface area contributed by atoms with Crippen LogP contribution in [0.3, 0.4) is 0 Å². The summed E-state index contributed by atoms with van der Waals surface area (Å²) in [6.07, 6.45) is 0. The van der Waals surface area contributed by atoms with Crippen LogP contribution in [0.25, 0.3) is 5.57 Å². The smallest absolute Gasteiger partial charge is 0.487 e. The molecule has 0 atom stereocenters. The highest BCUT2D eigenvalue weighted by Gasteiger charge is 2.50. The number of methoxy groups -OCH3 is 1. The van der Waals surface area contributed by atoms with Crippen LogP contribution < -0.4 is 4.74 Å². The molecule has 0 aliphatic carbocycles. The summed E-state index contributed by atoms with van der Waals surface area (Å²) in [6, 6.07) is 7.99. The van der Waals surface area contributed by atoms with Gasteiger partial charge in [-0.3, -0.25) is 0 Å². The lowest BCUT2D eigenvalue weighted by Crippen LogP contribution is -2.41. The molecule has 2 rings (SSSR count). The summed E-state index contributed by atoms with van der Waals surface area (Å²) in [5.74, 6) is 2.88. The van der Waals surface area contributed by atoms with Crippen LogP contribution in [-0.4, -0.2) is 25.4 Å². The van der Waals surface area contributed by atoms with Crippen molar-refractivity contribution in [1.29, 1.82) is 0 Å². The van der Waals surface area contributed by atoms with Crippen LogP contribution in [0.5, 0.6) is 5.75 Å². The Labute approximate surface area is 122 Å². The molecule has 1 fully saturated rings. The molecule has 20 heavy (non-hydrogen) atoms. The highest BCUT2D eigenvalue weighted by Crippen LogP contribution is 2.37. The van der Waals surface area contributed by atoms with Crippen LogP contribution in [0, 0.1) is 0 Å². The van der Waals surface area contributed by atoms with Crippen molar-refractivity contribution >= 4 is 12.7 Å². The molecule has 4 heteroatoms. The molecule has 0 radical (unpaired) electrons. The Morgan fingerprint density at radius 1 is 1.05 bits per heavy atom. The third kappa shape index (κ3) is 2.91. The molecule has 1 saturated heterocycles. The van der Waals surface area contributed by atoms with Gasteiger partial charge in [0.25, 0.3) is 0 Å². The molecule has 0 aromatic heterocycles. The van der Waals surface area contributed by atoms with Crippen molar-refractivity contribution < 1.29 is 14.0 Å². The molecule has 1 heterocycles. The minimum atomic E-state index is -0.304. The summed E-state index contributed by atoms with van der Waals surface area (Å²) in [5.41, 5.74) is 1.68. The second-order valence-electron chi connectivity index (χ2n) is 6.20. The van der Waals surface area contributed by atoms with Crippen LogP contribution in [0.15, 0.2) is 30.2 Å². The van der Waals surface area contributed by atoms with Gasteiger partial charge in [-0.2, -0.15) is 0 Å². The highest BCUT2D eigenvalue weighted by atomic mass is 16.7. The second-order valence-corrected chi connectivity index (χ2v) is 6.20. The number of allylic oxidation sites excluding steroid dienone is 1. The lowest BCUT2D eigenvalue weighted by Gasteiger charge is -2.32. The fourth-order valence-corrected chi connectivity index (χ4v) is 2.11. The fourth-order valence-electron chi connectivity index (χ4n) is 2.11. The van der Waals surface area contributed by atoms with E-state index in [1.165, 1.54) is 0 Å². The Hall–Kier alpha value is -1.26. The molecule has 1 aliphatic heterocycles. The first-order valence-electron chi connectivity index (χ1n) is 6.94. The van der Waals surface area contributed by atoms with Crippen LogP contribution in [0.2, 0.25) is 0 Å². The van der Waals surface area contributed by atoms with E-state index in [-0.39, 0.29) is 18.3 Å². The lowest BCUT2D eigenvalue weighted by atomic mass is 9.85. The van der Waals surface area contributed by atoms with Crippen molar-refractivity contribution in [2.45, 2.75) is 45.8 Å². The third-order valence-corrected chi connectivity index (χ3v) is 4.20. The quantitative estimate of drug-likeness (QED) is 0.786. The number of benzene rings is 1. The van der Waals surface area contributed by atoms with Gasteiger partial charge in [0, 0.05) is 0 Å². The van der Waals surface area contributed by atoms with Gasteiger partial charge in [0.15, 0.2) is 0 Å². The average Bonchev–Trinajstić information content (AvgIpc) is 2.57. The normalized spacial score (nSPS) is 21.1. The maximum absolute atomic E-state index is 5.98. The summed E-state index contributed by atoms with van der Waals surface area (Å²) in [5, 5.41) is 0. The predicted octanol–water partition coefficient (Wildman–Crippen LogP) is 3.73. The second kappa shape index (κ2) is 5.26. The van der Waals surface area contributed by atoms with Gasteiger partial charge < -0.3 is 14.0 Å².